The fourth-order valence-corrected chi connectivity index (χ4v) is 4.52. The van der Waals surface area contributed by atoms with Crippen molar-refractivity contribution in [3.05, 3.63) is 43.7 Å². The highest BCUT2D eigenvalue weighted by Gasteiger charge is 2.17. The molecule has 0 amide bonds. The average Bonchev–Trinajstić information content (AvgIpc) is 3.16. The van der Waals surface area contributed by atoms with E-state index in [1.807, 2.05) is 6.07 Å². The van der Waals surface area contributed by atoms with E-state index in [9.17, 15) is 0 Å². The monoisotopic (exact) mass is 342 g/mol. The van der Waals surface area contributed by atoms with Crippen LogP contribution in [0, 0.1) is 0 Å². The smallest absolute Gasteiger partial charge is 0.0931 e. The van der Waals surface area contributed by atoms with Crippen molar-refractivity contribution in [3.8, 4) is 0 Å². The quantitative estimate of drug-likeness (QED) is 0.870. The third kappa shape index (κ3) is 4.28. The molecule has 1 unspecified atom stereocenters. The normalized spacial score (nSPS) is 18.0. The molecule has 0 radical (unpaired) electrons. The van der Waals surface area contributed by atoms with Gasteiger partial charge in [-0.25, -0.2) is 0 Å². The molecule has 2 aromatic heterocycles. The largest absolute Gasteiger partial charge is 0.379 e. The van der Waals surface area contributed by atoms with Crippen LogP contribution >= 0.6 is 34.3 Å². The summed E-state index contributed by atoms with van der Waals surface area (Å²) < 4.78 is 6.23. The summed E-state index contributed by atoms with van der Waals surface area (Å²) >= 11 is 9.54. The average molecular weight is 343 g/mol. The van der Waals surface area contributed by atoms with E-state index in [4.69, 9.17) is 16.3 Å². The molecular formula is C15H19ClN2OS2. The van der Waals surface area contributed by atoms with Gasteiger partial charge in [0.15, 0.2) is 0 Å². The second kappa shape index (κ2) is 7.72. The Hall–Kier alpha value is -0.430. The Kier molecular flexibility index (Phi) is 5.68. The van der Waals surface area contributed by atoms with Crippen LogP contribution in [0.2, 0.25) is 4.34 Å². The number of hydrogen-bond acceptors (Lipinski definition) is 5. The van der Waals surface area contributed by atoms with Gasteiger partial charge in [0, 0.05) is 35.9 Å². The summed E-state index contributed by atoms with van der Waals surface area (Å²) in [6.45, 7) is 5.82. The highest BCUT2D eigenvalue weighted by atomic mass is 35.5. The minimum absolute atomic E-state index is 0.253. The molecule has 1 aliphatic rings. The number of nitrogens with zero attached hydrogens (tertiary/aromatic N) is 1. The van der Waals surface area contributed by atoms with E-state index in [-0.39, 0.29) is 6.04 Å². The lowest BCUT2D eigenvalue weighted by atomic mass is 10.2. The molecule has 0 aliphatic carbocycles. The number of hydrogen-bond donors (Lipinski definition) is 1. The van der Waals surface area contributed by atoms with Gasteiger partial charge in [0.2, 0.25) is 0 Å². The fraction of sp³-hybridized carbons (Fsp3) is 0.467. The van der Waals surface area contributed by atoms with Crippen LogP contribution in [-0.2, 0) is 4.74 Å². The van der Waals surface area contributed by atoms with Gasteiger partial charge in [-0.1, -0.05) is 17.7 Å². The van der Waals surface area contributed by atoms with Gasteiger partial charge in [-0.05, 0) is 23.6 Å². The second-order valence-electron chi connectivity index (χ2n) is 5.00. The van der Waals surface area contributed by atoms with Crippen LogP contribution in [0.1, 0.15) is 15.8 Å². The summed E-state index contributed by atoms with van der Waals surface area (Å²) in [5, 5.41) is 5.80. The molecule has 1 fully saturated rings. The minimum atomic E-state index is 0.253. The molecular weight excluding hydrogens is 324 g/mol. The standard InChI is InChI=1S/C15H19ClN2OS2/c16-14-4-3-13(21-14)15(12-2-1-11-20-12)17-5-6-18-7-9-19-10-8-18/h1-4,11,15,17H,5-10H2. The van der Waals surface area contributed by atoms with Gasteiger partial charge in [0.05, 0.1) is 23.6 Å². The number of morpholine rings is 1. The number of rotatable bonds is 6. The molecule has 0 saturated carbocycles. The molecule has 6 heteroatoms. The molecule has 0 spiro atoms. The maximum atomic E-state index is 6.09. The van der Waals surface area contributed by atoms with E-state index in [2.05, 4.69) is 33.8 Å². The van der Waals surface area contributed by atoms with Gasteiger partial charge in [0.25, 0.3) is 0 Å². The zero-order valence-corrected chi connectivity index (χ0v) is 14.1. The van der Waals surface area contributed by atoms with Crippen LogP contribution in [0.25, 0.3) is 0 Å². The maximum absolute atomic E-state index is 6.09. The Labute approximate surface area is 138 Å². The molecule has 1 aliphatic heterocycles. The van der Waals surface area contributed by atoms with E-state index in [1.165, 1.54) is 9.75 Å². The number of halogens is 1. The third-order valence-electron chi connectivity index (χ3n) is 3.59. The summed E-state index contributed by atoms with van der Waals surface area (Å²) in [5.74, 6) is 0. The van der Waals surface area contributed by atoms with Gasteiger partial charge in [-0.3, -0.25) is 4.90 Å². The first-order valence-electron chi connectivity index (χ1n) is 7.15. The van der Waals surface area contributed by atoms with Gasteiger partial charge >= 0.3 is 0 Å². The highest BCUT2D eigenvalue weighted by molar-refractivity contribution is 7.16. The Balaban J connectivity index is 1.60. The Morgan fingerprint density at radius 1 is 1.24 bits per heavy atom. The predicted octanol–water partition coefficient (Wildman–Crippen LogP) is 3.47. The lowest BCUT2D eigenvalue weighted by Gasteiger charge is -2.27. The lowest BCUT2D eigenvalue weighted by Crippen LogP contribution is -2.40. The van der Waals surface area contributed by atoms with Crippen molar-refractivity contribution < 1.29 is 4.74 Å². The summed E-state index contributed by atoms with van der Waals surface area (Å²) in [6.07, 6.45) is 0. The van der Waals surface area contributed by atoms with Crippen LogP contribution in [0.15, 0.2) is 29.6 Å². The third-order valence-corrected chi connectivity index (χ3v) is 5.82. The van der Waals surface area contributed by atoms with Gasteiger partial charge in [-0.2, -0.15) is 0 Å². The fourth-order valence-electron chi connectivity index (χ4n) is 2.47. The van der Waals surface area contributed by atoms with Crippen LogP contribution < -0.4 is 5.32 Å². The number of ether oxygens (including phenoxy) is 1. The summed E-state index contributed by atoms with van der Waals surface area (Å²) in [6, 6.07) is 8.64. The van der Waals surface area contributed by atoms with Crippen molar-refractivity contribution in [2.45, 2.75) is 6.04 Å². The van der Waals surface area contributed by atoms with E-state index in [0.717, 1.165) is 43.7 Å². The number of thiophene rings is 2. The van der Waals surface area contributed by atoms with Crippen molar-refractivity contribution in [2.75, 3.05) is 39.4 Å². The van der Waals surface area contributed by atoms with Gasteiger partial charge in [0.1, 0.15) is 0 Å². The Morgan fingerprint density at radius 2 is 2.10 bits per heavy atom. The zero-order chi connectivity index (χ0) is 14.5. The van der Waals surface area contributed by atoms with Crippen LogP contribution in [0.4, 0.5) is 0 Å². The topological polar surface area (TPSA) is 24.5 Å². The first kappa shape index (κ1) is 15.5. The lowest BCUT2D eigenvalue weighted by molar-refractivity contribution is 0.0382. The van der Waals surface area contributed by atoms with Crippen molar-refractivity contribution in [3.63, 3.8) is 0 Å². The summed E-state index contributed by atoms with van der Waals surface area (Å²) in [7, 11) is 0. The Morgan fingerprint density at radius 3 is 2.76 bits per heavy atom. The SMILES string of the molecule is Clc1ccc(C(NCCN2CCOCC2)c2cccs2)s1. The van der Waals surface area contributed by atoms with E-state index < -0.39 is 0 Å². The highest BCUT2D eigenvalue weighted by Crippen LogP contribution is 2.32. The molecule has 114 valence electrons. The van der Waals surface area contributed by atoms with Gasteiger partial charge < -0.3 is 10.1 Å². The molecule has 2 aromatic rings. The first-order chi connectivity index (χ1) is 10.3. The molecule has 1 N–H and O–H groups in total. The molecule has 0 aromatic carbocycles. The first-order valence-corrected chi connectivity index (χ1v) is 9.22. The molecule has 1 atom stereocenters. The van der Waals surface area contributed by atoms with Crippen molar-refractivity contribution in [1.82, 2.24) is 10.2 Å². The maximum Gasteiger partial charge on any atom is 0.0931 e. The van der Waals surface area contributed by atoms with E-state index in [0.29, 0.717) is 0 Å². The van der Waals surface area contributed by atoms with Gasteiger partial charge in [-0.15, -0.1) is 22.7 Å². The molecule has 21 heavy (non-hydrogen) atoms. The minimum Gasteiger partial charge on any atom is -0.379 e. The van der Waals surface area contributed by atoms with Crippen molar-refractivity contribution >= 4 is 34.3 Å². The van der Waals surface area contributed by atoms with Crippen LogP contribution in [0.5, 0.6) is 0 Å². The van der Waals surface area contributed by atoms with Crippen molar-refractivity contribution in [1.29, 1.82) is 0 Å². The molecule has 0 bridgehead atoms. The molecule has 1 saturated heterocycles. The summed E-state index contributed by atoms with van der Waals surface area (Å²) in [4.78, 5) is 5.07. The van der Waals surface area contributed by atoms with E-state index in [1.54, 1.807) is 22.7 Å². The van der Waals surface area contributed by atoms with Crippen LogP contribution in [0.3, 0.4) is 0 Å². The Bertz CT molecular complexity index is 538. The number of nitrogens with one attached hydrogen (secondary N) is 1. The van der Waals surface area contributed by atoms with Crippen LogP contribution in [-0.4, -0.2) is 44.3 Å². The zero-order valence-electron chi connectivity index (χ0n) is 11.8. The second-order valence-corrected chi connectivity index (χ2v) is 7.72. The van der Waals surface area contributed by atoms with Crippen molar-refractivity contribution in [2.24, 2.45) is 0 Å². The van der Waals surface area contributed by atoms with E-state index >= 15 is 0 Å². The molecule has 3 rings (SSSR count). The predicted molar refractivity (Wildman–Crippen MR) is 90.8 cm³/mol. The molecule has 3 nitrogen and oxygen atoms in total. The summed E-state index contributed by atoms with van der Waals surface area (Å²) in [5.41, 5.74) is 0. The molecule has 3 heterocycles.